The number of piperazine rings is 1. The lowest BCUT2D eigenvalue weighted by Gasteiger charge is -2.42. The molecule has 1 unspecified atom stereocenters. The average Bonchev–Trinajstić information content (AvgIpc) is 3.23. The van der Waals surface area contributed by atoms with Crippen molar-refractivity contribution in [2.45, 2.75) is 32.4 Å². The molecular formula is C25H26FN7O2. The number of pyridine rings is 2. The summed E-state index contributed by atoms with van der Waals surface area (Å²) in [5.74, 6) is 0.449. The third-order valence-corrected chi connectivity index (χ3v) is 6.22. The summed E-state index contributed by atoms with van der Waals surface area (Å²) in [5, 5.41) is 11.0. The number of carbonyl (C=O) groups excluding carboxylic acids is 1. The van der Waals surface area contributed by atoms with Crippen LogP contribution in [0.3, 0.4) is 0 Å². The summed E-state index contributed by atoms with van der Waals surface area (Å²) in [6.45, 7) is 6.50. The SMILES string of the molecule is CC1CN(c2ncnc3c2c(-c2ccncc2)cn3-c2cc(F)ccn2)CCN1C(=O)C(C)(C)O. The molecule has 1 fully saturated rings. The minimum absolute atomic E-state index is 0.135. The fraction of sp³-hybridized carbons (Fsp3) is 0.320. The molecule has 0 radical (unpaired) electrons. The van der Waals surface area contributed by atoms with Gasteiger partial charge in [-0.2, -0.15) is 0 Å². The van der Waals surface area contributed by atoms with E-state index in [4.69, 9.17) is 0 Å². The van der Waals surface area contributed by atoms with Gasteiger partial charge >= 0.3 is 0 Å². The summed E-state index contributed by atoms with van der Waals surface area (Å²) in [6, 6.07) is 6.33. The van der Waals surface area contributed by atoms with E-state index in [-0.39, 0.29) is 11.9 Å². The van der Waals surface area contributed by atoms with E-state index in [1.54, 1.807) is 21.9 Å². The van der Waals surface area contributed by atoms with Gasteiger partial charge in [-0.1, -0.05) is 0 Å². The van der Waals surface area contributed by atoms with Crippen LogP contribution in [0.15, 0.2) is 55.4 Å². The number of carbonyl (C=O) groups is 1. The summed E-state index contributed by atoms with van der Waals surface area (Å²) in [5.41, 5.74) is 0.955. The number of amides is 1. The number of aromatic nitrogens is 5. The molecule has 0 spiro atoms. The molecule has 1 saturated heterocycles. The fourth-order valence-corrected chi connectivity index (χ4v) is 4.54. The minimum atomic E-state index is -1.43. The first-order valence-electron chi connectivity index (χ1n) is 11.4. The van der Waals surface area contributed by atoms with E-state index in [0.29, 0.717) is 31.1 Å². The molecule has 4 aromatic heterocycles. The molecule has 0 saturated carbocycles. The van der Waals surface area contributed by atoms with Gasteiger partial charge in [-0.25, -0.2) is 19.3 Å². The summed E-state index contributed by atoms with van der Waals surface area (Å²) in [4.78, 5) is 34.2. The summed E-state index contributed by atoms with van der Waals surface area (Å²) in [6.07, 6.45) is 8.22. The molecule has 0 aliphatic carbocycles. The second-order valence-electron chi connectivity index (χ2n) is 9.23. The first-order valence-corrected chi connectivity index (χ1v) is 11.4. The van der Waals surface area contributed by atoms with Gasteiger partial charge < -0.3 is 14.9 Å². The van der Waals surface area contributed by atoms with Gasteiger partial charge in [0.15, 0.2) is 5.65 Å². The maximum atomic E-state index is 14.0. The van der Waals surface area contributed by atoms with E-state index in [9.17, 15) is 14.3 Å². The first-order chi connectivity index (χ1) is 16.7. The normalized spacial score (nSPS) is 16.7. The van der Waals surface area contributed by atoms with Crippen molar-refractivity contribution >= 4 is 22.8 Å². The van der Waals surface area contributed by atoms with Gasteiger partial charge in [0.05, 0.1) is 5.39 Å². The van der Waals surface area contributed by atoms with Gasteiger partial charge in [0.1, 0.15) is 29.4 Å². The van der Waals surface area contributed by atoms with Crippen LogP contribution < -0.4 is 4.90 Å². The van der Waals surface area contributed by atoms with E-state index in [2.05, 4.69) is 24.8 Å². The molecule has 1 aliphatic heterocycles. The van der Waals surface area contributed by atoms with Crippen LogP contribution in [0.25, 0.3) is 28.0 Å². The zero-order valence-electron chi connectivity index (χ0n) is 19.8. The number of anilines is 1. The molecule has 5 rings (SSSR count). The fourth-order valence-electron chi connectivity index (χ4n) is 4.54. The van der Waals surface area contributed by atoms with Crippen LogP contribution in [0.4, 0.5) is 10.2 Å². The average molecular weight is 476 g/mol. The number of hydrogen-bond donors (Lipinski definition) is 1. The molecule has 1 N–H and O–H groups in total. The van der Waals surface area contributed by atoms with Crippen LogP contribution in [0.1, 0.15) is 20.8 Å². The summed E-state index contributed by atoms with van der Waals surface area (Å²) < 4.78 is 15.8. The van der Waals surface area contributed by atoms with Crippen molar-refractivity contribution in [3.63, 3.8) is 0 Å². The van der Waals surface area contributed by atoms with Crippen LogP contribution >= 0.6 is 0 Å². The van der Waals surface area contributed by atoms with Gasteiger partial charge in [0.25, 0.3) is 5.91 Å². The van der Waals surface area contributed by atoms with Gasteiger partial charge in [-0.05, 0) is 44.5 Å². The Kier molecular flexibility index (Phi) is 5.68. The predicted octanol–water partition coefficient (Wildman–Crippen LogP) is 2.82. The van der Waals surface area contributed by atoms with E-state index < -0.39 is 11.4 Å². The topological polar surface area (TPSA) is 100 Å². The van der Waals surface area contributed by atoms with Gasteiger partial charge in [0, 0.05) is 62.1 Å². The molecule has 4 aromatic rings. The third kappa shape index (κ3) is 4.21. The van der Waals surface area contributed by atoms with E-state index in [1.807, 2.05) is 25.3 Å². The second kappa shape index (κ2) is 8.70. The van der Waals surface area contributed by atoms with Crippen molar-refractivity contribution in [2.24, 2.45) is 0 Å². The highest BCUT2D eigenvalue weighted by Crippen LogP contribution is 2.37. The van der Waals surface area contributed by atoms with Crippen molar-refractivity contribution in [1.29, 1.82) is 0 Å². The molecule has 0 bridgehead atoms. The van der Waals surface area contributed by atoms with Crippen LogP contribution in [0.5, 0.6) is 0 Å². The Balaban J connectivity index is 1.62. The standard InChI is InChI=1S/C25H26FN7O2/c1-16-13-31(10-11-32(16)24(34)25(2,3)35)22-21-19(17-4-7-27-8-5-17)14-33(23(21)30-15-29-22)20-12-18(26)6-9-28-20/h4-9,12,14-16,35H,10-11,13H2,1-3H3. The zero-order chi connectivity index (χ0) is 24.7. The predicted molar refractivity (Wildman–Crippen MR) is 130 cm³/mol. The monoisotopic (exact) mass is 475 g/mol. The zero-order valence-corrected chi connectivity index (χ0v) is 19.8. The maximum Gasteiger partial charge on any atom is 0.254 e. The van der Waals surface area contributed by atoms with E-state index in [1.165, 1.54) is 38.5 Å². The molecule has 9 nitrogen and oxygen atoms in total. The van der Waals surface area contributed by atoms with Crippen molar-refractivity contribution in [2.75, 3.05) is 24.5 Å². The molecule has 1 atom stereocenters. The Morgan fingerprint density at radius 1 is 1.11 bits per heavy atom. The number of rotatable bonds is 4. The maximum absolute atomic E-state index is 14.0. The Labute approximate surface area is 201 Å². The molecular weight excluding hydrogens is 449 g/mol. The molecule has 35 heavy (non-hydrogen) atoms. The molecule has 180 valence electrons. The Hall–Kier alpha value is -3.92. The smallest absolute Gasteiger partial charge is 0.254 e. The lowest BCUT2D eigenvalue weighted by atomic mass is 10.0. The van der Waals surface area contributed by atoms with E-state index >= 15 is 0 Å². The Morgan fingerprint density at radius 2 is 1.89 bits per heavy atom. The largest absolute Gasteiger partial charge is 0.381 e. The van der Waals surface area contributed by atoms with Crippen molar-refractivity contribution in [3.8, 4) is 16.9 Å². The van der Waals surface area contributed by atoms with E-state index in [0.717, 1.165) is 22.3 Å². The van der Waals surface area contributed by atoms with Crippen LogP contribution in [-0.4, -0.2) is 71.7 Å². The number of fused-ring (bicyclic) bond motifs is 1. The third-order valence-electron chi connectivity index (χ3n) is 6.22. The highest BCUT2D eigenvalue weighted by atomic mass is 19.1. The van der Waals surface area contributed by atoms with Gasteiger partial charge in [-0.3, -0.25) is 14.3 Å². The highest BCUT2D eigenvalue weighted by molar-refractivity contribution is 6.02. The lowest BCUT2D eigenvalue weighted by Crippen LogP contribution is -2.58. The first kappa shape index (κ1) is 22.9. The Bertz CT molecular complexity index is 1380. The van der Waals surface area contributed by atoms with Crippen molar-refractivity contribution < 1.29 is 14.3 Å². The molecule has 10 heteroatoms. The number of hydrogen-bond acceptors (Lipinski definition) is 7. The Morgan fingerprint density at radius 3 is 2.57 bits per heavy atom. The van der Waals surface area contributed by atoms with Crippen LogP contribution in [-0.2, 0) is 4.79 Å². The molecule has 1 amide bonds. The highest BCUT2D eigenvalue weighted by Gasteiger charge is 2.36. The number of aliphatic hydroxyl groups is 1. The van der Waals surface area contributed by atoms with Gasteiger partial charge in [0.2, 0.25) is 0 Å². The molecule has 1 aliphatic rings. The second-order valence-corrected chi connectivity index (χ2v) is 9.23. The number of nitrogens with zero attached hydrogens (tertiary/aromatic N) is 7. The number of halogens is 1. The van der Waals surface area contributed by atoms with Crippen molar-refractivity contribution in [1.82, 2.24) is 29.4 Å². The van der Waals surface area contributed by atoms with Crippen LogP contribution in [0, 0.1) is 5.82 Å². The van der Waals surface area contributed by atoms with Gasteiger partial charge in [-0.15, -0.1) is 0 Å². The van der Waals surface area contributed by atoms with Crippen molar-refractivity contribution in [3.05, 3.63) is 61.2 Å². The molecule has 0 aromatic carbocycles. The summed E-state index contributed by atoms with van der Waals surface area (Å²) >= 11 is 0. The quantitative estimate of drug-likeness (QED) is 0.484. The lowest BCUT2D eigenvalue weighted by molar-refractivity contribution is -0.150. The summed E-state index contributed by atoms with van der Waals surface area (Å²) in [7, 11) is 0. The minimum Gasteiger partial charge on any atom is -0.381 e. The molecule has 5 heterocycles. The van der Waals surface area contributed by atoms with Crippen LogP contribution in [0.2, 0.25) is 0 Å².